The Morgan fingerprint density at radius 1 is 0.875 bits per heavy atom. The van der Waals surface area contributed by atoms with Crippen LogP contribution in [0.15, 0.2) is 82.6 Å². The number of nitrogens with two attached hydrogens (primary N) is 1. The number of hydrogen-bond acceptors (Lipinski definition) is 5. The number of primary sulfonamides is 1. The van der Waals surface area contributed by atoms with Gasteiger partial charge in [-0.3, -0.25) is 9.10 Å². The molecule has 0 aliphatic carbocycles. The highest BCUT2D eigenvalue weighted by atomic mass is 32.2. The summed E-state index contributed by atoms with van der Waals surface area (Å²) in [5.74, 6) is -0.524. The van der Waals surface area contributed by atoms with Crippen molar-refractivity contribution in [3.8, 4) is 0 Å². The first-order valence-electron chi connectivity index (χ1n) is 9.81. The zero-order chi connectivity index (χ0) is 22.9. The molecule has 1 aliphatic rings. The highest BCUT2D eigenvalue weighted by Crippen LogP contribution is 2.32. The number of benzene rings is 3. The second-order valence-electron chi connectivity index (χ2n) is 7.36. The van der Waals surface area contributed by atoms with Gasteiger partial charge in [-0.05, 0) is 66.9 Å². The number of anilines is 2. The molecule has 3 N–H and O–H groups in total. The van der Waals surface area contributed by atoms with Gasteiger partial charge in [0.25, 0.3) is 15.9 Å². The Morgan fingerprint density at radius 3 is 2.31 bits per heavy atom. The zero-order valence-corrected chi connectivity index (χ0v) is 18.6. The van der Waals surface area contributed by atoms with E-state index in [1.807, 2.05) is 12.1 Å². The predicted octanol–water partition coefficient (Wildman–Crippen LogP) is 2.73. The van der Waals surface area contributed by atoms with E-state index in [-0.39, 0.29) is 15.4 Å². The number of para-hydroxylation sites is 1. The van der Waals surface area contributed by atoms with E-state index < -0.39 is 26.0 Å². The lowest BCUT2D eigenvalue weighted by atomic mass is 10.0. The first kappa shape index (κ1) is 22.0. The van der Waals surface area contributed by atoms with Crippen LogP contribution in [-0.2, 0) is 26.5 Å². The molecule has 0 aromatic heterocycles. The summed E-state index contributed by atoms with van der Waals surface area (Å²) in [6.07, 6.45) is 1.53. The molecule has 0 fully saturated rings. The molecule has 1 amide bonds. The SMILES string of the molecule is NS(=O)(=O)c1ccc(NC(=O)c2cccc(S(=O)(=O)N3CCCc4ccccc43)c2)cc1. The van der Waals surface area contributed by atoms with Gasteiger partial charge in [0.2, 0.25) is 10.0 Å². The molecular weight excluding hydrogens is 450 g/mol. The Balaban J connectivity index is 1.59. The van der Waals surface area contributed by atoms with Crippen molar-refractivity contribution >= 4 is 37.3 Å². The van der Waals surface area contributed by atoms with Crippen molar-refractivity contribution in [3.05, 3.63) is 83.9 Å². The quantitative estimate of drug-likeness (QED) is 0.592. The summed E-state index contributed by atoms with van der Waals surface area (Å²) in [4.78, 5) is 12.6. The van der Waals surface area contributed by atoms with Crippen LogP contribution in [0.5, 0.6) is 0 Å². The van der Waals surface area contributed by atoms with Gasteiger partial charge in [0.05, 0.1) is 15.5 Å². The highest BCUT2D eigenvalue weighted by molar-refractivity contribution is 7.92. The minimum atomic E-state index is -3.85. The van der Waals surface area contributed by atoms with Crippen LogP contribution < -0.4 is 14.8 Å². The van der Waals surface area contributed by atoms with E-state index in [0.717, 1.165) is 12.0 Å². The van der Waals surface area contributed by atoms with Gasteiger partial charge in [-0.2, -0.15) is 0 Å². The zero-order valence-electron chi connectivity index (χ0n) is 16.9. The number of nitrogens with zero attached hydrogens (tertiary/aromatic N) is 1. The van der Waals surface area contributed by atoms with E-state index in [9.17, 15) is 21.6 Å². The molecule has 0 spiro atoms. The van der Waals surface area contributed by atoms with Gasteiger partial charge in [0.1, 0.15) is 0 Å². The molecule has 10 heteroatoms. The lowest BCUT2D eigenvalue weighted by Gasteiger charge is -2.30. The molecule has 8 nitrogen and oxygen atoms in total. The molecule has 0 bridgehead atoms. The molecule has 3 aromatic rings. The van der Waals surface area contributed by atoms with Gasteiger partial charge >= 0.3 is 0 Å². The standard InChI is InChI=1S/C22H21N3O5S2/c23-31(27,28)19-12-10-18(11-13-19)24-22(26)17-6-3-8-20(15-17)32(29,30)25-14-4-7-16-5-1-2-9-21(16)25/h1-3,5-6,8-13,15H,4,7,14H2,(H,24,26)(H2,23,27,28). The van der Waals surface area contributed by atoms with Crippen molar-refractivity contribution in [2.24, 2.45) is 5.14 Å². The number of fused-ring (bicyclic) bond motifs is 1. The number of carbonyl (C=O) groups excluding carboxylic acids is 1. The van der Waals surface area contributed by atoms with Crippen LogP contribution in [0.3, 0.4) is 0 Å². The van der Waals surface area contributed by atoms with Crippen molar-refractivity contribution in [2.45, 2.75) is 22.6 Å². The van der Waals surface area contributed by atoms with Gasteiger partial charge < -0.3 is 5.32 Å². The van der Waals surface area contributed by atoms with Crippen molar-refractivity contribution in [3.63, 3.8) is 0 Å². The average Bonchev–Trinajstić information content (AvgIpc) is 2.78. The molecule has 1 heterocycles. The van der Waals surface area contributed by atoms with Gasteiger partial charge in [0, 0.05) is 17.8 Å². The normalized spacial score (nSPS) is 14.0. The lowest BCUT2D eigenvalue weighted by Crippen LogP contribution is -2.35. The number of nitrogens with one attached hydrogen (secondary N) is 1. The minimum Gasteiger partial charge on any atom is -0.322 e. The maximum Gasteiger partial charge on any atom is 0.264 e. The second kappa shape index (κ2) is 8.38. The first-order chi connectivity index (χ1) is 15.2. The summed E-state index contributed by atoms with van der Waals surface area (Å²) in [7, 11) is -7.69. The monoisotopic (exact) mass is 471 g/mol. The Kier molecular flexibility index (Phi) is 5.76. The van der Waals surface area contributed by atoms with E-state index in [1.54, 1.807) is 12.1 Å². The average molecular weight is 472 g/mol. The van der Waals surface area contributed by atoms with E-state index in [4.69, 9.17) is 5.14 Å². The number of aryl methyl sites for hydroxylation is 1. The summed E-state index contributed by atoms with van der Waals surface area (Å²) < 4.78 is 50.8. The summed E-state index contributed by atoms with van der Waals surface area (Å²) in [5.41, 5.74) is 2.13. The summed E-state index contributed by atoms with van der Waals surface area (Å²) >= 11 is 0. The van der Waals surface area contributed by atoms with Crippen LogP contribution in [0.1, 0.15) is 22.3 Å². The molecule has 0 atom stereocenters. The Labute approximate surface area is 186 Å². The molecule has 0 unspecified atom stereocenters. The molecular formula is C22H21N3O5S2. The minimum absolute atomic E-state index is 0.0198. The van der Waals surface area contributed by atoms with Crippen LogP contribution >= 0.6 is 0 Å². The van der Waals surface area contributed by atoms with Crippen LogP contribution in [0, 0.1) is 0 Å². The van der Waals surface area contributed by atoms with Crippen molar-refractivity contribution in [1.82, 2.24) is 0 Å². The van der Waals surface area contributed by atoms with E-state index in [1.165, 1.54) is 52.8 Å². The fraction of sp³-hybridized carbons (Fsp3) is 0.136. The highest BCUT2D eigenvalue weighted by Gasteiger charge is 2.29. The lowest BCUT2D eigenvalue weighted by molar-refractivity contribution is 0.102. The molecule has 32 heavy (non-hydrogen) atoms. The molecule has 0 saturated heterocycles. The van der Waals surface area contributed by atoms with Crippen LogP contribution in [0.4, 0.5) is 11.4 Å². The molecule has 0 radical (unpaired) electrons. The smallest absolute Gasteiger partial charge is 0.264 e. The third-order valence-electron chi connectivity index (χ3n) is 5.19. The second-order valence-corrected chi connectivity index (χ2v) is 10.8. The predicted molar refractivity (Wildman–Crippen MR) is 122 cm³/mol. The Bertz CT molecular complexity index is 1390. The number of carbonyl (C=O) groups is 1. The molecule has 1 aliphatic heterocycles. The molecule has 3 aromatic carbocycles. The van der Waals surface area contributed by atoms with Gasteiger partial charge in [-0.15, -0.1) is 0 Å². The van der Waals surface area contributed by atoms with E-state index in [2.05, 4.69) is 5.32 Å². The van der Waals surface area contributed by atoms with E-state index in [0.29, 0.717) is 24.3 Å². The number of sulfonamides is 2. The summed E-state index contributed by atoms with van der Waals surface area (Å²) in [5, 5.41) is 7.70. The summed E-state index contributed by atoms with van der Waals surface area (Å²) in [6, 6.07) is 18.6. The van der Waals surface area contributed by atoms with Crippen LogP contribution in [0.2, 0.25) is 0 Å². The third-order valence-corrected chi connectivity index (χ3v) is 7.93. The Hall–Kier alpha value is -3.21. The van der Waals surface area contributed by atoms with Crippen molar-refractivity contribution in [2.75, 3.05) is 16.2 Å². The number of rotatable bonds is 5. The van der Waals surface area contributed by atoms with Crippen molar-refractivity contribution < 1.29 is 21.6 Å². The largest absolute Gasteiger partial charge is 0.322 e. The van der Waals surface area contributed by atoms with Crippen molar-refractivity contribution in [1.29, 1.82) is 0 Å². The molecule has 166 valence electrons. The first-order valence-corrected chi connectivity index (χ1v) is 12.8. The number of amides is 1. The third kappa shape index (κ3) is 4.38. The fourth-order valence-corrected chi connectivity index (χ4v) is 5.71. The van der Waals surface area contributed by atoms with Crippen LogP contribution in [0.25, 0.3) is 0 Å². The van der Waals surface area contributed by atoms with Gasteiger partial charge in [-0.25, -0.2) is 22.0 Å². The summed E-state index contributed by atoms with van der Waals surface area (Å²) in [6.45, 7) is 0.367. The molecule has 0 saturated carbocycles. The maximum atomic E-state index is 13.3. The van der Waals surface area contributed by atoms with Gasteiger partial charge in [-0.1, -0.05) is 24.3 Å². The maximum absolute atomic E-state index is 13.3. The van der Waals surface area contributed by atoms with Crippen LogP contribution in [-0.4, -0.2) is 29.3 Å². The van der Waals surface area contributed by atoms with E-state index >= 15 is 0 Å². The Morgan fingerprint density at radius 2 is 1.59 bits per heavy atom. The van der Waals surface area contributed by atoms with Gasteiger partial charge in [0.15, 0.2) is 0 Å². The topological polar surface area (TPSA) is 127 Å². The fourth-order valence-electron chi connectivity index (χ4n) is 3.61. The number of hydrogen-bond donors (Lipinski definition) is 2. The molecule has 4 rings (SSSR count).